The fraction of sp³-hybridized carbons (Fsp3) is 0.294. The van der Waals surface area contributed by atoms with Crippen molar-refractivity contribution in [2.75, 3.05) is 0 Å². The van der Waals surface area contributed by atoms with E-state index in [-0.39, 0.29) is 11.9 Å². The predicted molar refractivity (Wildman–Crippen MR) is 86.2 cm³/mol. The third kappa shape index (κ3) is 3.34. The van der Waals surface area contributed by atoms with Crippen LogP contribution in [0.1, 0.15) is 23.5 Å². The van der Waals surface area contributed by atoms with Crippen molar-refractivity contribution in [3.8, 4) is 0 Å². The quantitative estimate of drug-likeness (QED) is 0.637. The van der Waals surface area contributed by atoms with Crippen molar-refractivity contribution in [3.63, 3.8) is 0 Å². The van der Waals surface area contributed by atoms with Crippen LogP contribution in [0.3, 0.4) is 0 Å². The molecular formula is C17H18BrFN2. The van der Waals surface area contributed by atoms with Crippen molar-refractivity contribution in [1.82, 2.24) is 5.43 Å². The summed E-state index contributed by atoms with van der Waals surface area (Å²) in [5.74, 6) is 6.53. The van der Waals surface area contributed by atoms with Gasteiger partial charge < -0.3 is 0 Å². The predicted octanol–water partition coefficient (Wildman–Crippen LogP) is 3.77. The van der Waals surface area contributed by atoms with Gasteiger partial charge in [-0.2, -0.15) is 0 Å². The number of hydrazine groups is 1. The van der Waals surface area contributed by atoms with Crippen molar-refractivity contribution in [2.45, 2.75) is 24.8 Å². The number of nitrogens with one attached hydrogen (secondary N) is 1. The highest BCUT2D eigenvalue weighted by Crippen LogP contribution is 2.49. The molecule has 1 aliphatic carbocycles. The first-order valence-corrected chi connectivity index (χ1v) is 7.93. The fourth-order valence-corrected chi connectivity index (χ4v) is 3.42. The highest BCUT2D eigenvalue weighted by atomic mass is 79.9. The standard InChI is InChI=1S/C17H18BrFN2/c18-13-6-7-16(19)12(8-13)9-17(21-20)15-10-14(15)11-4-2-1-3-5-11/h1-8,14-15,17,21H,9-10,20H2. The Kier molecular flexibility index (Phi) is 4.38. The highest BCUT2D eigenvalue weighted by Gasteiger charge is 2.43. The summed E-state index contributed by atoms with van der Waals surface area (Å²) in [4.78, 5) is 0. The molecule has 3 unspecified atom stereocenters. The maximum atomic E-state index is 13.9. The summed E-state index contributed by atoms with van der Waals surface area (Å²) in [6.07, 6.45) is 1.71. The lowest BCUT2D eigenvalue weighted by atomic mass is 9.99. The zero-order valence-electron chi connectivity index (χ0n) is 11.6. The summed E-state index contributed by atoms with van der Waals surface area (Å²) in [5, 5.41) is 0. The van der Waals surface area contributed by atoms with E-state index >= 15 is 0 Å². The minimum atomic E-state index is -0.171. The SMILES string of the molecule is NNC(Cc1cc(Br)ccc1F)C1CC1c1ccccc1. The monoisotopic (exact) mass is 348 g/mol. The molecule has 4 heteroatoms. The number of hydrogen-bond acceptors (Lipinski definition) is 2. The minimum Gasteiger partial charge on any atom is -0.271 e. The van der Waals surface area contributed by atoms with Crippen LogP contribution in [0, 0.1) is 11.7 Å². The van der Waals surface area contributed by atoms with E-state index in [1.54, 1.807) is 6.07 Å². The number of hydrogen-bond donors (Lipinski definition) is 2. The lowest BCUT2D eigenvalue weighted by Crippen LogP contribution is -2.39. The number of nitrogens with two attached hydrogens (primary N) is 1. The van der Waals surface area contributed by atoms with Crippen molar-refractivity contribution in [1.29, 1.82) is 0 Å². The van der Waals surface area contributed by atoms with Gasteiger partial charge in [0.25, 0.3) is 0 Å². The van der Waals surface area contributed by atoms with Crippen LogP contribution in [-0.2, 0) is 6.42 Å². The molecule has 0 bridgehead atoms. The van der Waals surface area contributed by atoms with Crippen LogP contribution in [-0.4, -0.2) is 6.04 Å². The van der Waals surface area contributed by atoms with Gasteiger partial charge in [-0.05, 0) is 54.0 Å². The van der Waals surface area contributed by atoms with Crippen LogP contribution in [0.25, 0.3) is 0 Å². The smallest absolute Gasteiger partial charge is 0.126 e. The third-order valence-electron chi connectivity index (χ3n) is 4.25. The van der Waals surface area contributed by atoms with E-state index in [2.05, 4.69) is 45.6 Å². The van der Waals surface area contributed by atoms with Gasteiger partial charge in [0, 0.05) is 10.5 Å². The molecule has 2 nitrogen and oxygen atoms in total. The van der Waals surface area contributed by atoms with Gasteiger partial charge in [-0.25, -0.2) is 4.39 Å². The molecule has 110 valence electrons. The molecular weight excluding hydrogens is 331 g/mol. The Morgan fingerprint density at radius 3 is 2.71 bits per heavy atom. The molecule has 21 heavy (non-hydrogen) atoms. The molecule has 0 spiro atoms. The summed E-state index contributed by atoms with van der Waals surface area (Å²) in [6, 6.07) is 15.6. The summed E-state index contributed by atoms with van der Waals surface area (Å²) in [6.45, 7) is 0. The molecule has 0 aliphatic heterocycles. The van der Waals surface area contributed by atoms with Crippen LogP contribution in [0.15, 0.2) is 53.0 Å². The Morgan fingerprint density at radius 1 is 1.24 bits per heavy atom. The molecule has 2 aromatic rings. The Labute approximate surface area is 132 Å². The molecule has 1 saturated carbocycles. The Morgan fingerprint density at radius 2 is 2.00 bits per heavy atom. The van der Waals surface area contributed by atoms with Crippen LogP contribution in [0.2, 0.25) is 0 Å². The first-order valence-electron chi connectivity index (χ1n) is 7.14. The van der Waals surface area contributed by atoms with E-state index in [4.69, 9.17) is 5.84 Å². The Hall–Kier alpha value is -1.23. The number of rotatable bonds is 5. The summed E-state index contributed by atoms with van der Waals surface area (Å²) < 4.78 is 14.8. The molecule has 0 radical (unpaired) electrons. The molecule has 3 rings (SSSR count). The summed E-state index contributed by atoms with van der Waals surface area (Å²) in [5.41, 5.74) is 4.92. The molecule has 2 aromatic carbocycles. The molecule has 3 N–H and O–H groups in total. The molecule has 0 saturated heterocycles. The van der Waals surface area contributed by atoms with Crippen molar-refractivity contribution < 1.29 is 4.39 Å². The molecule has 0 amide bonds. The lowest BCUT2D eigenvalue weighted by Gasteiger charge is -2.17. The van der Waals surface area contributed by atoms with E-state index in [1.165, 1.54) is 11.6 Å². The Balaban J connectivity index is 1.71. The van der Waals surface area contributed by atoms with E-state index in [9.17, 15) is 4.39 Å². The van der Waals surface area contributed by atoms with Gasteiger partial charge >= 0.3 is 0 Å². The fourth-order valence-electron chi connectivity index (χ4n) is 3.01. The number of halogens is 2. The first kappa shape index (κ1) is 14.7. The zero-order valence-corrected chi connectivity index (χ0v) is 13.2. The van der Waals surface area contributed by atoms with Gasteiger partial charge in [0.05, 0.1) is 0 Å². The zero-order chi connectivity index (χ0) is 14.8. The maximum absolute atomic E-state index is 13.9. The van der Waals surface area contributed by atoms with Crippen LogP contribution in [0.4, 0.5) is 4.39 Å². The molecule has 0 heterocycles. The van der Waals surface area contributed by atoms with E-state index in [1.807, 2.05) is 12.1 Å². The average Bonchev–Trinajstić information content (AvgIpc) is 3.29. The second-order valence-electron chi connectivity index (χ2n) is 5.63. The third-order valence-corrected chi connectivity index (χ3v) is 4.74. The van der Waals surface area contributed by atoms with Gasteiger partial charge in [0.1, 0.15) is 5.82 Å². The molecule has 3 atom stereocenters. The van der Waals surface area contributed by atoms with Gasteiger partial charge in [-0.1, -0.05) is 46.3 Å². The van der Waals surface area contributed by atoms with Gasteiger partial charge in [-0.3, -0.25) is 11.3 Å². The Bertz CT molecular complexity index is 617. The van der Waals surface area contributed by atoms with Gasteiger partial charge in [0.15, 0.2) is 0 Å². The average molecular weight is 349 g/mol. The molecule has 1 fully saturated rings. The minimum absolute atomic E-state index is 0.0963. The highest BCUT2D eigenvalue weighted by molar-refractivity contribution is 9.10. The topological polar surface area (TPSA) is 38.0 Å². The molecule has 1 aliphatic rings. The lowest BCUT2D eigenvalue weighted by molar-refractivity contribution is 0.455. The second kappa shape index (κ2) is 6.26. The second-order valence-corrected chi connectivity index (χ2v) is 6.55. The van der Waals surface area contributed by atoms with Crippen molar-refractivity contribution in [3.05, 3.63) is 69.9 Å². The van der Waals surface area contributed by atoms with Crippen LogP contribution < -0.4 is 11.3 Å². The summed E-state index contributed by atoms with van der Waals surface area (Å²) in [7, 11) is 0. The number of benzene rings is 2. The normalized spacial score (nSPS) is 22.0. The van der Waals surface area contributed by atoms with Gasteiger partial charge in [0.2, 0.25) is 0 Å². The van der Waals surface area contributed by atoms with Crippen LogP contribution >= 0.6 is 15.9 Å². The largest absolute Gasteiger partial charge is 0.271 e. The van der Waals surface area contributed by atoms with Crippen molar-refractivity contribution >= 4 is 15.9 Å². The summed E-state index contributed by atoms with van der Waals surface area (Å²) >= 11 is 3.39. The van der Waals surface area contributed by atoms with E-state index in [0.717, 1.165) is 10.9 Å². The van der Waals surface area contributed by atoms with Gasteiger partial charge in [-0.15, -0.1) is 0 Å². The van der Waals surface area contributed by atoms with E-state index < -0.39 is 0 Å². The van der Waals surface area contributed by atoms with E-state index in [0.29, 0.717) is 23.8 Å². The van der Waals surface area contributed by atoms with Crippen LogP contribution in [0.5, 0.6) is 0 Å². The molecule has 0 aromatic heterocycles. The van der Waals surface area contributed by atoms with Crippen molar-refractivity contribution in [2.24, 2.45) is 11.8 Å². The maximum Gasteiger partial charge on any atom is 0.126 e. The first-order chi connectivity index (χ1) is 10.2.